The minimum atomic E-state index is -3.87. The Balaban J connectivity index is 2.39. The van der Waals surface area contributed by atoms with Crippen LogP contribution in [-0.4, -0.2) is 38.0 Å². The molecule has 8 nitrogen and oxygen atoms in total. The molecule has 0 atom stereocenters. The van der Waals surface area contributed by atoms with Crippen LogP contribution in [0.25, 0.3) is 0 Å². The van der Waals surface area contributed by atoms with Gasteiger partial charge in [-0.15, -0.1) is 0 Å². The Morgan fingerprint density at radius 1 is 1.17 bits per heavy atom. The number of hydrazone groups is 1. The van der Waals surface area contributed by atoms with E-state index in [0.717, 1.165) is 15.9 Å². The Bertz CT molecular complexity index is 864. The molecule has 2 aromatic carbocycles. The molecule has 0 bridgehead atoms. The molecule has 0 aliphatic rings. The zero-order chi connectivity index (χ0) is 17.7. The van der Waals surface area contributed by atoms with Crippen LogP contribution in [-0.2, 0) is 10.0 Å². The highest BCUT2D eigenvalue weighted by atomic mass is 32.2. The van der Waals surface area contributed by atoms with Gasteiger partial charge >= 0.3 is 0 Å². The number of nitrogens with zero attached hydrogens (tertiary/aromatic N) is 3. The predicted molar refractivity (Wildman–Crippen MR) is 91.6 cm³/mol. The van der Waals surface area contributed by atoms with E-state index in [1.54, 1.807) is 0 Å². The molecular formula is C15H16N4O4S. The molecule has 0 saturated heterocycles. The number of anilines is 1. The number of sulfonamides is 1. The van der Waals surface area contributed by atoms with Crippen LogP contribution in [0.1, 0.15) is 5.56 Å². The van der Waals surface area contributed by atoms with Crippen LogP contribution in [0.15, 0.2) is 58.5 Å². The third-order valence-corrected chi connectivity index (χ3v) is 4.99. The fourth-order valence-corrected chi connectivity index (χ4v) is 2.90. The molecule has 0 unspecified atom stereocenters. The monoisotopic (exact) mass is 348 g/mol. The summed E-state index contributed by atoms with van der Waals surface area (Å²) in [6.45, 7) is 0. The molecule has 24 heavy (non-hydrogen) atoms. The zero-order valence-corrected chi connectivity index (χ0v) is 13.9. The average molecular weight is 348 g/mol. The minimum absolute atomic E-state index is 0.154. The summed E-state index contributed by atoms with van der Waals surface area (Å²) in [4.78, 5) is 10.0. The molecule has 0 aromatic heterocycles. The Kier molecular flexibility index (Phi) is 5.27. The molecule has 0 fully saturated rings. The van der Waals surface area contributed by atoms with Crippen molar-refractivity contribution in [3.05, 3.63) is 64.2 Å². The van der Waals surface area contributed by atoms with Crippen LogP contribution >= 0.6 is 0 Å². The number of hydrogen-bond acceptors (Lipinski definition) is 6. The Morgan fingerprint density at radius 3 is 2.42 bits per heavy atom. The first-order chi connectivity index (χ1) is 11.3. The number of nitro benzene ring substituents is 1. The van der Waals surface area contributed by atoms with Crippen LogP contribution in [0.3, 0.4) is 0 Å². The van der Waals surface area contributed by atoms with Gasteiger partial charge in [-0.05, 0) is 11.6 Å². The van der Waals surface area contributed by atoms with E-state index >= 15 is 0 Å². The number of nitro groups is 1. The van der Waals surface area contributed by atoms with Crippen molar-refractivity contribution in [3.8, 4) is 0 Å². The van der Waals surface area contributed by atoms with Crippen molar-refractivity contribution in [3.63, 3.8) is 0 Å². The van der Waals surface area contributed by atoms with Gasteiger partial charge in [0.1, 0.15) is 4.90 Å². The summed E-state index contributed by atoms with van der Waals surface area (Å²) in [5.74, 6) is 0. The second-order valence-corrected chi connectivity index (χ2v) is 7.13. The van der Waals surface area contributed by atoms with Crippen molar-refractivity contribution in [2.24, 2.45) is 5.10 Å². The molecule has 0 saturated carbocycles. The first-order valence-electron chi connectivity index (χ1n) is 6.87. The van der Waals surface area contributed by atoms with Crippen LogP contribution in [0, 0.1) is 10.1 Å². The summed E-state index contributed by atoms with van der Waals surface area (Å²) in [5, 5.41) is 14.9. The van der Waals surface area contributed by atoms with Crippen molar-refractivity contribution >= 4 is 27.6 Å². The summed E-state index contributed by atoms with van der Waals surface area (Å²) >= 11 is 0. The second kappa shape index (κ2) is 7.20. The topological polar surface area (TPSA) is 105 Å². The van der Waals surface area contributed by atoms with Crippen molar-refractivity contribution in [1.29, 1.82) is 0 Å². The van der Waals surface area contributed by atoms with Crippen LogP contribution in [0.4, 0.5) is 11.4 Å². The summed E-state index contributed by atoms with van der Waals surface area (Å²) < 4.78 is 25.7. The molecule has 126 valence electrons. The minimum Gasteiger partial charge on any atom is -0.277 e. The Hall–Kier alpha value is -2.78. The standard InChI is InChI=1S/C15H16N4O4S/c1-18(2)24(22,23)15-10-13(19(20)21)8-9-14(15)17-16-11-12-6-4-3-5-7-12/h3-11,17H,1-2H3/b16-11+. The predicted octanol–water partition coefficient (Wildman–Crippen LogP) is 2.29. The van der Waals surface area contributed by atoms with Crippen molar-refractivity contribution in [1.82, 2.24) is 4.31 Å². The molecule has 0 aliphatic heterocycles. The molecule has 0 aliphatic carbocycles. The van der Waals surface area contributed by atoms with E-state index in [0.29, 0.717) is 0 Å². The van der Waals surface area contributed by atoms with Gasteiger partial charge in [0.25, 0.3) is 5.69 Å². The maximum atomic E-state index is 12.4. The average Bonchev–Trinajstić information content (AvgIpc) is 2.55. The van der Waals surface area contributed by atoms with Gasteiger partial charge in [-0.3, -0.25) is 15.5 Å². The van der Waals surface area contributed by atoms with E-state index in [2.05, 4.69) is 10.5 Å². The molecule has 1 N–H and O–H groups in total. The Labute approximate surface area is 139 Å². The molecule has 0 spiro atoms. The molecule has 0 heterocycles. The van der Waals surface area contributed by atoms with Gasteiger partial charge in [0.15, 0.2) is 0 Å². The highest BCUT2D eigenvalue weighted by Gasteiger charge is 2.24. The summed E-state index contributed by atoms with van der Waals surface area (Å²) in [6, 6.07) is 12.8. The Morgan fingerprint density at radius 2 is 1.83 bits per heavy atom. The van der Waals surface area contributed by atoms with Crippen molar-refractivity contribution in [2.45, 2.75) is 4.90 Å². The van der Waals surface area contributed by atoms with E-state index in [4.69, 9.17) is 0 Å². The molecule has 2 rings (SSSR count). The number of hydrogen-bond donors (Lipinski definition) is 1. The highest BCUT2D eigenvalue weighted by Crippen LogP contribution is 2.28. The van der Waals surface area contributed by atoms with Crippen molar-refractivity contribution < 1.29 is 13.3 Å². The lowest BCUT2D eigenvalue weighted by Gasteiger charge is -2.14. The fraction of sp³-hybridized carbons (Fsp3) is 0.133. The van der Waals surface area contributed by atoms with Gasteiger partial charge in [-0.25, -0.2) is 12.7 Å². The van der Waals surface area contributed by atoms with Gasteiger partial charge in [-0.2, -0.15) is 5.10 Å². The maximum Gasteiger partial charge on any atom is 0.270 e. The fourth-order valence-electron chi connectivity index (χ4n) is 1.84. The van der Waals surface area contributed by atoms with E-state index in [1.807, 2.05) is 30.3 Å². The highest BCUT2D eigenvalue weighted by molar-refractivity contribution is 7.89. The lowest BCUT2D eigenvalue weighted by atomic mass is 10.2. The molecule has 0 radical (unpaired) electrons. The number of nitrogens with one attached hydrogen (secondary N) is 1. The van der Waals surface area contributed by atoms with Gasteiger partial charge in [0, 0.05) is 26.2 Å². The largest absolute Gasteiger partial charge is 0.277 e. The second-order valence-electron chi connectivity index (χ2n) is 5.01. The van der Waals surface area contributed by atoms with Crippen LogP contribution in [0.5, 0.6) is 0 Å². The van der Waals surface area contributed by atoms with E-state index in [1.165, 1.54) is 32.4 Å². The van der Waals surface area contributed by atoms with Crippen LogP contribution in [0.2, 0.25) is 0 Å². The molecule has 9 heteroatoms. The summed E-state index contributed by atoms with van der Waals surface area (Å²) in [5.41, 5.74) is 3.30. The SMILES string of the molecule is CN(C)S(=O)(=O)c1cc([N+](=O)[O-])ccc1N/N=C/c1ccccc1. The summed E-state index contributed by atoms with van der Waals surface area (Å²) in [6.07, 6.45) is 1.52. The van der Waals surface area contributed by atoms with Crippen molar-refractivity contribution in [2.75, 3.05) is 19.5 Å². The first-order valence-corrected chi connectivity index (χ1v) is 8.31. The third-order valence-electron chi connectivity index (χ3n) is 3.13. The van der Waals surface area contributed by atoms with E-state index < -0.39 is 14.9 Å². The zero-order valence-electron chi connectivity index (χ0n) is 13.1. The smallest absolute Gasteiger partial charge is 0.270 e. The van der Waals surface area contributed by atoms with Crippen LogP contribution < -0.4 is 5.43 Å². The quantitative estimate of drug-likeness (QED) is 0.490. The lowest BCUT2D eigenvalue weighted by Crippen LogP contribution is -2.23. The van der Waals surface area contributed by atoms with Gasteiger partial charge in [0.2, 0.25) is 10.0 Å². The number of non-ortho nitro benzene ring substituents is 1. The maximum absolute atomic E-state index is 12.4. The van der Waals surface area contributed by atoms with E-state index in [9.17, 15) is 18.5 Å². The van der Waals surface area contributed by atoms with E-state index in [-0.39, 0.29) is 16.3 Å². The van der Waals surface area contributed by atoms with Gasteiger partial charge < -0.3 is 0 Å². The first kappa shape index (κ1) is 17.6. The molecule has 0 amide bonds. The molecule has 2 aromatic rings. The number of benzene rings is 2. The van der Waals surface area contributed by atoms with Gasteiger partial charge in [0.05, 0.1) is 16.8 Å². The lowest BCUT2D eigenvalue weighted by molar-refractivity contribution is -0.385. The third kappa shape index (κ3) is 3.94. The van der Waals surface area contributed by atoms with Gasteiger partial charge in [-0.1, -0.05) is 30.3 Å². The normalized spacial score (nSPS) is 11.8. The number of rotatable bonds is 6. The molecular weight excluding hydrogens is 332 g/mol. The summed E-state index contributed by atoms with van der Waals surface area (Å²) in [7, 11) is -1.16.